The fourth-order valence-corrected chi connectivity index (χ4v) is 3.26. The van der Waals surface area contributed by atoms with Gasteiger partial charge >= 0.3 is 0 Å². The Morgan fingerprint density at radius 1 is 1.26 bits per heavy atom. The number of hydrogen-bond acceptors (Lipinski definition) is 3. The van der Waals surface area contributed by atoms with Gasteiger partial charge in [-0.1, -0.05) is 27.2 Å². The number of likely N-dealkylation sites (N-methyl/N-ethyl adjacent to an activating group) is 2. The summed E-state index contributed by atoms with van der Waals surface area (Å²) in [5, 5.41) is 3.60. The van der Waals surface area contributed by atoms with Gasteiger partial charge in [-0.25, -0.2) is 0 Å². The normalized spacial score (nSPS) is 22.3. The Bertz CT molecular complexity index is 220. The number of likely N-dealkylation sites (tertiary alicyclic amines) is 1. The van der Waals surface area contributed by atoms with Crippen LogP contribution in [0, 0.1) is 0 Å². The van der Waals surface area contributed by atoms with Crippen molar-refractivity contribution in [3.8, 4) is 0 Å². The molecule has 114 valence electrons. The average molecular weight is 269 g/mol. The number of rotatable bonds is 10. The first-order chi connectivity index (χ1) is 9.22. The van der Waals surface area contributed by atoms with Crippen LogP contribution in [0.2, 0.25) is 0 Å². The van der Waals surface area contributed by atoms with Crippen LogP contribution in [0.3, 0.4) is 0 Å². The van der Waals surface area contributed by atoms with Gasteiger partial charge < -0.3 is 10.2 Å². The summed E-state index contributed by atoms with van der Waals surface area (Å²) in [6.07, 6.45) is 6.60. The van der Waals surface area contributed by atoms with Gasteiger partial charge in [0, 0.05) is 25.2 Å². The van der Waals surface area contributed by atoms with Gasteiger partial charge in [-0.2, -0.15) is 0 Å². The van der Waals surface area contributed by atoms with Crippen molar-refractivity contribution in [3.05, 3.63) is 0 Å². The SMILES string of the molecule is CCCNCC(CCC)N(C)CC1CCCN1CC. The molecule has 1 fully saturated rings. The minimum Gasteiger partial charge on any atom is -0.315 e. The molecule has 1 saturated heterocycles. The van der Waals surface area contributed by atoms with Crippen molar-refractivity contribution >= 4 is 0 Å². The van der Waals surface area contributed by atoms with E-state index in [-0.39, 0.29) is 0 Å². The highest BCUT2D eigenvalue weighted by molar-refractivity contribution is 4.83. The zero-order valence-electron chi connectivity index (χ0n) is 13.6. The minimum atomic E-state index is 0.704. The largest absolute Gasteiger partial charge is 0.315 e. The number of nitrogens with one attached hydrogen (secondary N) is 1. The maximum atomic E-state index is 3.60. The Kier molecular flexibility index (Phi) is 8.67. The summed E-state index contributed by atoms with van der Waals surface area (Å²) in [4.78, 5) is 5.25. The van der Waals surface area contributed by atoms with E-state index in [1.54, 1.807) is 0 Å². The highest BCUT2D eigenvalue weighted by atomic mass is 15.2. The van der Waals surface area contributed by atoms with Crippen LogP contribution >= 0.6 is 0 Å². The average Bonchev–Trinajstić information content (AvgIpc) is 2.85. The standard InChI is InChI=1S/C16H35N3/c1-5-9-15(13-17-11-6-2)18(4)14-16-10-8-12-19(16)7-3/h15-17H,5-14H2,1-4H3. The first-order valence-corrected chi connectivity index (χ1v) is 8.37. The molecule has 1 rings (SSSR count). The summed E-state index contributed by atoms with van der Waals surface area (Å²) in [7, 11) is 2.32. The third-order valence-corrected chi connectivity index (χ3v) is 4.46. The molecule has 19 heavy (non-hydrogen) atoms. The Hall–Kier alpha value is -0.120. The van der Waals surface area contributed by atoms with Crippen LogP contribution in [0.25, 0.3) is 0 Å². The van der Waals surface area contributed by atoms with Crippen LogP contribution in [0.5, 0.6) is 0 Å². The maximum absolute atomic E-state index is 3.60. The van der Waals surface area contributed by atoms with Crippen molar-refractivity contribution in [1.29, 1.82) is 0 Å². The summed E-state index contributed by atoms with van der Waals surface area (Å²) in [5.41, 5.74) is 0. The molecule has 3 nitrogen and oxygen atoms in total. The topological polar surface area (TPSA) is 18.5 Å². The zero-order chi connectivity index (χ0) is 14.1. The molecule has 0 saturated carbocycles. The predicted molar refractivity (Wildman–Crippen MR) is 84.8 cm³/mol. The third kappa shape index (κ3) is 5.80. The van der Waals surface area contributed by atoms with Gasteiger partial charge in [-0.05, 0) is 52.4 Å². The molecule has 0 bridgehead atoms. The molecule has 2 atom stereocenters. The molecule has 0 aliphatic carbocycles. The van der Waals surface area contributed by atoms with E-state index in [9.17, 15) is 0 Å². The van der Waals surface area contributed by atoms with Gasteiger partial charge in [0.15, 0.2) is 0 Å². The van der Waals surface area contributed by atoms with E-state index in [1.165, 1.54) is 51.7 Å². The maximum Gasteiger partial charge on any atom is 0.0223 e. The van der Waals surface area contributed by atoms with E-state index in [2.05, 4.69) is 42.9 Å². The molecule has 2 unspecified atom stereocenters. The van der Waals surface area contributed by atoms with Gasteiger partial charge in [-0.15, -0.1) is 0 Å². The van der Waals surface area contributed by atoms with E-state index in [1.807, 2.05) is 0 Å². The highest BCUT2D eigenvalue weighted by Gasteiger charge is 2.26. The van der Waals surface area contributed by atoms with Gasteiger partial charge in [-0.3, -0.25) is 4.90 Å². The molecule has 0 aromatic rings. The van der Waals surface area contributed by atoms with Crippen LogP contribution < -0.4 is 5.32 Å². The fraction of sp³-hybridized carbons (Fsp3) is 1.00. The van der Waals surface area contributed by atoms with E-state index in [0.717, 1.165) is 19.1 Å². The van der Waals surface area contributed by atoms with Crippen molar-refractivity contribution < 1.29 is 0 Å². The van der Waals surface area contributed by atoms with Crippen LogP contribution in [-0.2, 0) is 0 Å². The minimum absolute atomic E-state index is 0.704. The summed E-state index contributed by atoms with van der Waals surface area (Å²) in [6.45, 7) is 12.9. The molecule has 0 spiro atoms. The van der Waals surface area contributed by atoms with E-state index < -0.39 is 0 Å². The van der Waals surface area contributed by atoms with Crippen molar-refractivity contribution in [2.45, 2.75) is 65.0 Å². The van der Waals surface area contributed by atoms with E-state index in [4.69, 9.17) is 0 Å². The highest BCUT2D eigenvalue weighted by Crippen LogP contribution is 2.18. The summed E-state index contributed by atoms with van der Waals surface area (Å²) >= 11 is 0. The van der Waals surface area contributed by atoms with Crippen molar-refractivity contribution in [1.82, 2.24) is 15.1 Å². The van der Waals surface area contributed by atoms with Crippen LogP contribution in [0.4, 0.5) is 0 Å². The lowest BCUT2D eigenvalue weighted by atomic mass is 10.1. The lowest BCUT2D eigenvalue weighted by Crippen LogP contribution is -2.46. The Balaban J connectivity index is 2.39. The van der Waals surface area contributed by atoms with Gasteiger partial charge in [0.05, 0.1) is 0 Å². The molecule has 1 N–H and O–H groups in total. The molecule has 1 aliphatic rings. The van der Waals surface area contributed by atoms with Crippen LogP contribution in [0.15, 0.2) is 0 Å². The fourth-order valence-electron chi connectivity index (χ4n) is 3.26. The van der Waals surface area contributed by atoms with Crippen LogP contribution in [0.1, 0.15) is 52.9 Å². The Morgan fingerprint density at radius 2 is 2.05 bits per heavy atom. The van der Waals surface area contributed by atoms with E-state index in [0.29, 0.717) is 6.04 Å². The van der Waals surface area contributed by atoms with Crippen molar-refractivity contribution in [3.63, 3.8) is 0 Å². The summed E-state index contributed by atoms with van der Waals surface area (Å²) in [6, 6.07) is 1.50. The van der Waals surface area contributed by atoms with E-state index >= 15 is 0 Å². The molecule has 0 aromatic heterocycles. The second kappa shape index (κ2) is 9.73. The molecule has 1 aliphatic heterocycles. The molecule has 0 radical (unpaired) electrons. The van der Waals surface area contributed by atoms with Crippen LogP contribution in [-0.4, -0.2) is 61.7 Å². The lowest BCUT2D eigenvalue weighted by Gasteiger charge is -2.33. The first kappa shape index (κ1) is 16.9. The second-order valence-corrected chi connectivity index (χ2v) is 6.01. The summed E-state index contributed by atoms with van der Waals surface area (Å²) < 4.78 is 0. The number of nitrogens with zero attached hydrogens (tertiary/aromatic N) is 2. The second-order valence-electron chi connectivity index (χ2n) is 6.01. The monoisotopic (exact) mass is 269 g/mol. The number of hydrogen-bond donors (Lipinski definition) is 1. The molecule has 0 aromatic carbocycles. The molecular formula is C16H35N3. The quantitative estimate of drug-likeness (QED) is 0.615. The third-order valence-electron chi connectivity index (χ3n) is 4.46. The van der Waals surface area contributed by atoms with Crippen molar-refractivity contribution in [2.75, 3.05) is 39.8 Å². The smallest absolute Gasteiger partial charge is 0.0223 e. The van der Waals surface area contributed by atoms with Gasteiger partial charge in [0.25, 0.3) is 0 Å². The Morgan fingerprint density at radius 3 is 2.68 bits per heavy atom. The summed E-state index contributed by atoms with van der Waals surface area (Å²) in [5.74, 6) is 0. The molecule has 1 heterocycles. The van der Waals surface area contributed by atoms with Gasteiger partial charge in [0.1, 0.15) is 0 Å². The van der Waals surface area contributed by atoms with Gasteiger partial charge in [0.2, 0.25) is 0 Å². The zero-order valence-corrected chi connectivity index (χ0v) is 13.6. The lowest BCUT2D eigenvalue weighted by molar-refractivity contribution is 0.155. The molecular weight excluding hydrogens is 234 g/mol. The molecule has 0 amide bonds. The molecule has 3 heteroatoms. The first-order valence-electron chi connectivity index (χ1n) is 8.37. The Labute approximate surface area is 120 Å². The predicted octanol–water partition coefficient (Wildman–Crippen LogP) is 2.57. The van der Waals surface area contributed by atoms with Crippen molar-refractivity contribution in [2.24, 2.45) is 0 Å².